The number of aliphatic hydroxyl groups excluding tert-OH is 1. The Morgan fingerprint density at radius 3 is 2.00 bits per heavy atom. The van der Waals surface area contributed by atoms with Crippen LogP contribution in [0.25, 0.3) is 0 Å². The zero-order chi connectivity index (χ0) is 15.1. The van der Waals surface area contributed by atoms with E-state index in [1.165, 1.54) is 11.1 Å². The van der Waals surface area contributed by atoms with E-state index >= 15 is 0 Å². The van der Waals surface area contributed by atoms with E-state index in [1.54, 1.807) is 0 Å². The van der Waals surface area contributed by atoms with Gasteiger partial charge in [0.15, 0.2) is 0 Å². The average Bonchev–Trinajstić information content (AvgIpc) is 2.57. The predicted molar refractivity (Wildman–Crippen MR) is 88.3 cm³/mol. The minimum Gasteiger partial charge on any atom is -0.394 e. The van der Waals surface area contributed by atoms with Crippen molar-refractivity contribution in [2.75, 3.05) is 6.61 Å². The molecule has 0 saturated heterocycles. The highest BCUT2D eigenvalue weighted by atomic mass is 16.3. The molecule has 0 aliphatic rings. The van der Waals surface area contributed by atoms with Gasteiger partial charge >= 0.3 is 0 Å². The molecule has 2 aromatic rings. The molecule has 2 nitrogen and oxygen atoms in total. The molecule has 0 aliphatic heterocycles. The van der Waals surface area contributed by atoms with E-state index in [2.05, 4.69) is 55.6 Å². The lowest BCUT2D eigenvalue weighted by atomic mass is 9.99. The molecule has 0 spiro atoms. The molecule has 0 aromatic heterocycles. The number of aliphatic hydroxyl groups is 1. The van der Waals surface area contributed by atoms with Crippen LogP contribution in [0.2, 0.25) is 0 Å². The van der Waals surface area contributed by atoms with Crippen molar-refractivity contribution in [2.45, 2.75) is 38.8 Å². The van der Waals surface area contributed by atoms with E-state index in [1.807, 2.05) is 18.2 Å². The van der Waals surface area contributed by atoms with Crippen molar-refractivity contribution in [2.24, 2.45) is 0 Å². The molecule has 2 rings (SSSR count). The molecule has 0 heterocycles. The molecule has 1 unspecified atom stereocenters. The summed E-state index contributed by atoms with van der Waals surface area (Å²) in [5.74, 6) is 0. The first kappa shape index (κ1) is 15.7. The van der Waals surface area contributed by atoms with Crippen LogP contribution in [0.15, 0.2) is 54.6 Å². The van der Waals surface area contributed by atoms with Crippen LogP contribution in [0.4, 0.5) is 0 Å². The lowest BCUT2D eigenvalue weighted by Gasteiger charge is -2.24. The number of hydrogen-bond acceptors (Lipinski definition) is 2. The second-order valence-corrected chi connectivity index (χ2v) is 5.37. The van der Waals surface area contributed by atoms with Crippen LogP contribution in [0.5, 0.6) is 0 Å². The van der Waals surface area contributed by atoms with Crippen LogP contribution in [0, 0.1) is 0 Å². The maximum absolute atomic E-state index is 9.69. The Hall–Kier alpha value is -1.64. The second-order valence-electron chi connectivity index (χ2n) is 5.37. The number of aryl methyl sites for hydroxylation is 1. The summed E-state index contributed by atoms with van der Waals surface area (Å²) in [5.41, 5.74) is 3.77. The van der Waals surface area contributed by atoms with Crippen molar-refractivity contribution in [1.29, 1.82) is 0 Å². The minimum atomic E-state index is -0.0259. The summed E-state index contributed by atoms with van der Waals surface area (Å²) >= 11 is 0. The van der Waals surface area contributed by atoms with Gasteiger partial charge in [-0.3, -0.25) is 0 Å². The molecule has 2 N–H and O–H groups in total. The Kier molecular flexibility index (Phi) is 5.97. The first-order valence-electron chi connectivity index (χ1n) is 7.79. The highest BCUT2D eigenvalue weighted by Gasteiger charge is 2.16. The molecule has 2 atom stereocenters. The first-order chi connectivity index (χ1) is 10.3. The van der Waals surface area contributed by atoms with E-state index in [0.29, 0.717) is 0 Å². The summed E-state index contributed by atoms with van der Waals surface area (Å²) in [7, 11) is 0. The number of benzene rings is 2. The molecular weight excluding hydrogens is 258 g/mol. The maximum Gasteiger partial charge on any atom is 0.0626 e. The topological polar surface area (TPSA) is 32.3 Å². The van der Waals surface area contributed by atoms with Crippen LogP contribution in [-0.2, 0) is 6.42 Å². The number of nitrogens with one attached hydrogen (secondary N) is 1. The Labute approximate surface area is 127 Å². The van der Waals surface area contributed by atoms with Crippen molar-refractivity contribution in [1.82, 2.24) is 5.32 Å². The fourth-order valence-electron chi connectivity index (χ4n) is 2.62. The van der Waals surface area contributed by atoms with Gasteiger partial charge in [-0.25, -0.2) is 0 Å². The molecule has 2 aromatic carbocycles. The monoisotopic (exact) mass is 283 g/mol. The zero-order valence-electron chi connectivity index (χ0n) is 12.9. The van der Waals surface area contributed by atoms with Crippen molar-refractivity contribution < 1.29 is 5.11 Å². The van der Waals surface area contributed by atoms with Gasteiger partial charge in [0.1, 0.15) is 0 Å². The third-order valence-corrected chi connectivity index (χ3v) is 3.99. The normalized spacial score (nSPS) is 13.9. The lowest BCUT2D eigenvalue weighted by molar-refractivity contribution is 0.232. The molecule has 21 heavy (non-hydrogen) atoms. The van der Waals surface area contributed by atoms with Crippen LogP contribution in [0.3, 0.4) is 0 Å². The summed E-state index contributed by atoms with van der Waals surface area (Å²) in [5, 5.41) is 13.3. The lowest BCUT2D eigenvalue weighted by Crippen LogP contribution is -2.28. The van der Waals surface area contributed by atoms with Gasteiger partial charge in [-0.2, -0.15) is 0 Å². The van der Waals surface area contributed by atoms with Crippen LogP contribution < -0.4 is 5.32 Å². The van der Waals surface area contributed by atoms with Gasteiger partial charge in [0, 0.05) is 6.04 Å². The zero-order valence-corrected chi connectivity index (χ0v) is 12.9. The largest absolute Gasteiger partial charge is 0.394 e. The number of hydrogen-bond donors (Lipinski definition) is 2. The van der Waals surface area contributed by atoms with E-state index in [0.717, 1.165) is 18.4 Å². The second kappa shape index (κ2) is 7.96. The van der Waals surface area contributed by atoms with Crippen LogP contribution in [0.1, 0.15) is 49.0 Å². The SMILES string of the molecule is CCc1ccc(C(CC)N[C@@H](CO)c2ccccc2)cc1. The fourth-order valence-corrected chi connectivity index (χ4v) is 2.62. The molecule has 0 fully saturated rings. The third-order valence-electron chi connectivity index (χ3n) is 3.99. The molecule has 0 bridgehead atoms. The van der Waals surface area contributed by atoms with E-state index in [4.69, 9.17) is 0 Å². The maximum atomic E-state index is 9.69. The smallest absolute Gasteiger partial charge is 0.0626 e. The van der Waals surface area contributed by atoms with E-state index in [-0.39, 0.29) is 18.7 Å². The number of rotatable bonds is 7. The summed E-state index contributed by atoms with van der Waals surface area (Å²) in [6.07, 6.45) is 2.06. The van der Waals surface area contributed by atoms with Gasteiger partial charge in [-0.05, 0) is 29.5 Å². The molecule has 0 radical (unpaired) electrons. The van der Waals surface area contributed by atoms with Crippen LogP contribution >= 0.6 is 0 Å². The van der Waals surface area contributed by atoms with Gasteiger partial charge in [-0.15, -0.1) is 0 Å². The predicted octanol–water partition coefficient (Wildman–Crippen LogP) is 4.02. The standard InChI is InChI=1S/C19H25NO/c1-3-15-10-12-17(13-11-15)18(4-2)20-19(14-21)16-8-6-5-7-9-16/h5-13,18-21H,3-4,14H2,1-2H3/t18?,19-/m0/s1. The fraction of sp³-hybridized carbons (Fsp3) is 0.368. The Morgan fingerprint density at radius 1 is 0.857 bits per heavy atom. The molecular formula is C19H25NO. The highest BCUT2D eigenvalue weighted by molar-refractivity contribution is 5.26. The van der Waals surface area contributed by atoms with Gasteiger partial charge in [0.25, 0.3) is 0 Å². The molecule has 112 valence electrons. The van der Waals surface area contributed by atoms with E-state index in [9.17, 15) is 5.11 Å². The third kappa shape index (κ3) is 4.16. The van der Waals surface area contributed by atoms with Crippen molar-refractivity contribution >= 4 is 0 Å². The van der Waals surface area contributed by atoms with Crippen molar-refractivity contribution in [3.63, 3.8) is 0 Å². The summed E-state index contributed by atoms with van der Waals surface area (Å²) in [4.78, 5) is 0. The highest BCUT2D eigenvalue weighted by Crippen LogP contribution is 2.22. The van der Waals surface area contributed by atoms with Gasteiger partial charge in [-0.1, -0.05) is 68.4 Å². The molecule has 2 heteroatoms. The van der Waals surface area contributed by atoms with Crippen molar-refractivity contribution in [3.8, 4) is 0 Å². The summed E-state index contributed by atoms with van der Waals surface area (Å²) in [6, 6.07) is 19.1. The van der Waals surface area contributed by atoms with Crippen molar-refractivity contribution in [3.05, 3.63) is 71.3 Å². The van der Waals surface area contributed by atoms with Gasteiger partial charge in [0.2, 0.25) is 0 Å². The van der Waals surface area contributed by atoms with Crippen LogP contribution in [-0.4, -0.2) is 11.7 Å². The first-order valence-corrected chi connectivity index (χ1v) is 7.79. The Balaban J connectivity index is 2.13. The summed E-state index contributed by atoms with van der Waals surface area (Å²) < 4.78 is 0. The quantitative estimate of drug-likeness (QED) is 0.804. The van der Waals surface area contributed by atoms with Gasteiger partial charge < -0.3 is 10.4 Å². The Morgan fingerprint density at radius 2 is 1.48 bits per heavy atom. The van der Waals surface area contributed by atoms with Gasteiger partial charge in [0.05, 0.1) is 12.6 Å². The van der Waals surface area contributed by atoms with E-state index < -0.39 is 0 Å². The Bertz CT molecular complexity index is 521. The molecule has 0 saturated carbocycles. The minimum absolute atomic E-state index is 0.0259. The average molecular weight is 283 g/mol. The molecule has 0 amide bonds. The summed E-state index contributed by atoms with van der Waals surface area (Å²) in [6.45, 7) is 4.44. The molecule has 0 aliphatic carbocycles.